The minimum Gasteiger partial charge on any atom is -0.0996 e. The van der Waals surface area contributed by atoms with Crippen molar-refractivity contribution >= 4 is 0 Å². The Labute approximate surface area is 249 Å². The summed E-state index contributed by atoms with van der Waals surface area (Å²) in [6, 6.07) is 0. The quantitative estimate of drug-likeness (QED) is 0.266. The summed E-state index contributed by atoms with van der Waals surface area (Å²) in [6.07, 6.45) is 18.8. The van der Waals surface area contributed by atoms with E-state index in [4.69, 9.17) is 0 Å². The topological polar surface area (TPSA) is 0 Å². The van der Waals surface area contributed by atoms with Crippen molar-refractivity contribution in [3.05, 3.63) is 47.6 Å². The molecule has 0 aromatic heterocycles. The predicted octanol–water partition coefficient (Wildman–Crippen LogP) is 12.0. The Morgan fingerprint density at radius 3 is 0.950 bits per heavy atom. The van der Waals surface area contributed by atoms with Crippen LogP contribution >= 0.6 is 0 Å². The summed E-state index contributed by atoms with van der Waals surface area (Å²) in [5.74, 6) is 7.61. The van der Waals surface area contributed by atoms with Crippen molar-refractivity contribution in [2.75, 3.05) is 0 Å². The smallest absolute Gasteiger partial charge is 0.0149 e. The highest BCUT2D eigenvalue weighted by atomic mass is 14.6. The molecule has 0 N–H and O–H groups in total. The first-order valence-corrected chi connectivity index (χ1v) is 17.2. The average Bonchev–Trinajstić information content (AvgIpc) is 2.89. The van der Waals surface area contributed by atoms with Crippen LogP contribution in [0.25, 0.3) is 0 Å². The summed E-state index contributed by atoms with van der Waals surface area (Å²) in [5, 5.41) is 0. The Balaban J connectivity index is 0.000000108. The monoisotopic (exact) mass is 545 g/mol. The van der Waals surface area contributed by atoms with Crippen molar-refractivity contribution < 1.29 is 0 Å². The maximum atomic E-state index is 4.13. The third-order valence-corrected chi connectivity index (χ3v) is 15.0. The number of hydrogen-bond acceptors (Lipinski definition) is 0. The number of allylic oxidation sites excluding steroid dienone is 6. The van der Waals surface area contributed by atoms with Crippen molar-refractivity contribution in [2.24, 2.45) is 69.0 Å². The molecule has 0 unspecified atom stereocenters. The largest absolute Gasteiger partial charge is 0.0996 e. The third kappa shape index (κ3) is 4.88. The molecule has 12 aliphatic carbocycles. The lowest BCUT2D eigenvalue weighted by molar-refractivity contribution is -0.0273. The molecular weight excluding hydrogens is 480 g/mol. The molecule has 0 aromatic carbocycles. The summed E-state index contributed by atoms with van der Waals surface area (Å²) in [5.41, 5.74) is 8.82. The summed E-state index contributed by atoms with van der Waals surface area (Å²) >= 11 is 0. The third-order valence-electron chi connectivity index (χ3n) is 15.0. The Morgan fingerprint density at radius 2 is 0.800 bits per heavy atom. The van der Waals surface area contributed by atoms with Gasteiger partial charge in [0.2, 0.25) is 0 Å². The summed E-state index contributed by atoms with van der Waals surface area (Å²) in [6.45, 7) is 32.1. The zero-order valence-corrected chi connectivity index (χ0v) is 28.3. The van der Waals surface area contributed by atoms with Crippen LogP contribution in [0, 0.1) is 69.0 Å². The molecule has 8 atom stereocenters. The van der Waals surface area contributed by atoms with E-state index in [9.17, 15) is 0 Å². The van der Waals surface area contributed by atoms with Gasteiger partial charge in [0.15, 0.2) is 0 Å². The van der Waals surface area contributed by atoms with Crippen molar-refractivity contribution in [1.29, 1.82) is 0 Å². The van der Waals surface area contributed by atoms with E-state index in [0.29, 0.717) is 21.7 Å². The molecule has 0 nitrogen and oxygen atoms in total. The van der Waals surface area contributed by atoms with Crippen LogP contribution in [0.4, 0.5) is 0 Å². The minimum atomic E-state index is 0.606. The lowest BCUT2D eigenvalue weighted by atomic mass is 9.47. The van der Waals surface area contributed by atoms with Crippen LogP contribution < -0.4 is 0 Å². The normalized spacial score (nSPS) is 42.5. The first-order chi connectivity index (χ1) is 18.5. The van der Waals surface area contributed by atoms with E-state index in [-0.39, 0.29) is 0 Å². The first-order valence-electron chi connectivity index (χ1n) is 17.2. The molecule has 8 fully saturated rings. The van der Waals surface area contributed by atoms with Crippen LogP contribution in [-0.2, 0) is 0 Å². The van der Waals surface area contributed by atoms with Crippen molar-refractivity contribution in [1.82, 2.24) is 0 Å². The SMILES string of the molecule is C=C1CC[C@@H]2C[C@H]1C2(C)C.C=C1CC[C@H]2C[C@@H]1C2(C)C.CC1=CC[C@@H]2C[C@H]1C2(C)C.CC1=CC[C@H]2C[C@@H]1C2(C)C. The van der Waals surface area contributed by atoms with E-state index in [0.717, 1.165) is 47.3 Å². The molecule has 0 heterocycles. The van der Waals surface area contributed by atoms with Crippen molar-refractivity contribution in [2.45, 2.75) is 133 Å². The van der Waals surface area contributed by atoms with Crippen LogP contribution in [-0.4, -0.2) is 0 Å². The van der Waals surface area contributed by atoms with Gasteiger partial charge < -0.3 is 0 Å². The molecule has 12 rings (SSSR count). The van der Waals surface area contributed by atoms with E-state index in [2.05, 4.69) is 94.5 Å². The fraction of sp³-hybridized carbons (Fsp3) is 0.800. The van der Waals surface area contributed by atoms with Crippen LogP contribution in [0.2, 0.25) is 0 Å². The molecule has 0 saturated heterocycles. The molecule has 0 amide bonds. The molecule has 8 bridgehead atoms. The molecule has 224 valence electrons. The van der Waals surface area contributed by atoms with E-state index in [1.165, 1.54) is 75.4 Å². The van der Waals surface area contributed by atoms with Crippen LogP contribution in [0.1, 0.15) is 133 Å². The molecule has 0 spiro atoms. The molecule has 0 aromatic rings. The van der Waals surface area contributed by atoms with E-state index in [1.807, 2.05) is 0 Å². The molecule has 0 aliphatic heterocycles. The first kappa shape index (κ1) is 30.4. The summed E-state index contributed by atoms with van der Waals surface area (Å²) in [4.78, 5) is 0. The fourth-order valence-electron chi connectivity index (χ4n) is 10.8. The maximum Gasteiger partial charge on any atom is -0.0149 e. The standard InChI is InChI=1S/4C10H16/c4*1-7-4-5-8-6-9(7)10(8,2)3/h2*4,8-9H,5-6H2,1-3H3;2*8-9H,1,4-6H2,2-3H3/t4*8-,9-/m1010/s1. The van der Waals surface area contributed by atoms with Crippen molar-refractivity contribution in [3.63, 3.8) is 0 Å². The highest BCUT2D eigenvalue weighted by Crippen LogP contribution is 2.62. The molecular formula is C40H64. The van der Waals surface area contributed by atoms with Gasteiger partial charge in [-0.15, -0.1) is 0 Å². The van der Waals surface area contributed by atoms with Crippen LogP contribution in [0.3, 0.4) is 0 Å². The Bertz CT molecular complexity index is 975. The fourth-order valence-corrected chi connectivity index (χ4v) is 10.8. The van der Waals surface area contributed by atoms with Crippen LogP contribution in [0.5, 0.6) is 0 Å². The molecule has 8 saturated carbocycles. The zero-order chi connectivity index (χ0) is 29.4. The van der Waals surface area contributed by atoms with Gasteiger partial charge in [-0.1, -0.05) is 103 Å². The highest BCUT2D eigenvalue weighted by molar-refractivity contribution is 5.22. The van der Waals surface area contributed by atoms with Crippen molar-refractivity contribution in [3.8, 4) is 0 Å². The molecule has 12 aliphatic rings. The molecule has 0 heteroatoms. The van der Waals surface area contributed by atoms with E-state index < -0.39 is 0 Å². The van der Waals surface area contributed by atoms with E-state index >= 15 is 0 Å². The van der Waals surface area contributed by atoms with Gasteiger partial charge in [-0.05, 0) is 147 Å². The lowest BCUT2D eigenvalue weighted by Gasteiger charge is -2.57. The minimum absolute atomic E-state index is 0.606. The lowest BCUT2D eigenvalue weighted by Crippen LogP contribution is -2.48. The zero-order valence-electron chi connectivity index (χ0n) is 28.3. The van der Waals surface area contributed by atoms with Gasteiger partial charge >= 0.3 is 0 Å². The van der Waals surface area contributed by atoms with E-state index in [1.54, 1.807) is 11.1 Å². The van der Waals surface area contributed by atoms with Gasteiger partial charge in [-0.2, -0.15) is 0 Å². The summed E-state index contributed by atoms with van der Waals surface area (Å²) in [7, 11) is 0. The summed E-state index contributed by atoms with van der Waals surface area (Å²) < 4.78 is 0. The Kier molecular flexibility index (Phi) is 7.83. The van der Waals surface area contributed by atoms with Gasteiger partial charge in [0.05, 0.1) is 0 Å². The highest BCUT2D eigenvalue weighted by Gasteiger charge is 2.53. The second-order valence-corrected chi connectivity index (χ2v) is 18.0. The van der Waals surface area contributed by atoms with Gasteiger partial charge in [0.1, 0.15) is 0 Å². The Hall–Kier alpha value is -1.04. The number of hydrogen-bond donors (Lipinski definition) is 0. The molecule has 0 radical (unpaired) electrons. The van der Waals surface area contributed by atoms with Gasteiger partial charge in [-0.25, -0.2) is 0 Å². The van der Waals surface area contributed by atoms with Gasteiger partial charge in [-0.3, -0.25) is 0 Å². The predicted molar refractivity (Wildman–Crippen MR) is 175 cm³/mol. The van der Waals surface area contributed by atoms with Gasteiger partial charge in [0.25, 0.3) is 0 Å². The Morgan fingerprint density at radius 1 is 0.500 bits per heavy atom. The number of rotatable bonds is 0. The number of fused-ring (bicyclic) bond motifs is 6. The average molecular weight is 545 g/mol. The van der Waals surface area contributed by atoms with Crippen LogP contribution in [0.15, 0.2) is 47.6 Å². The maximum absolute atomic E-state index is 4.13. The molecule has 40 heavy (non-hydrogen) atoms. The second-order valence-electron chi connectivity index (χ2n) is 18.0. The second kappa shape index (κ2) is 10.3. The van der Waals surface area contributed by atoms with Gasteiger partial charge in [0, 0.05) is 0 Å².